The second-order valence-electron chi connectivity index (χ2n) is 24.6. The molecular formula is C66H128O17P2. The van der Waals surface area contributed by atoms with Crippen LogP contribution in [0.3, 0.4) is 0 Å². The van der Waals surface area contributed by atoms with Gasteiger partial charge in [0, 0.05) is 25.7 Å². The van der Waals surface area contributed by atoms with E-state index in [-0.39, 0.29) is 25.7 Å². The predicted octanol–water partition coefficient (Wildman–Crippen LogP) is 18.4. The molecule has 0 saturated heterocycles. The average Bonchev–Trinajstić information content (AvgIpc) is 3.48. The number of phosphoric acid groups is 2. The molecule has 0 aliphatic carbocycles. The van der Waals surface area contributed by atoms with Crippen molar-refractivity contribution in [2.45, 2.75) is 349 Å². The summed E-state index contributed by atoms with van der Waals surface area (Å²) >= 11 is 0. The van der Waals surface area contributed by atoms with E-state index in [1.807, 2.05) is 0 Å². The smallest absolute Gasteiger partial charge is 0.462 e. The third-order valence-corrected chi connectivity index (χ3v) is 17.5. The Labute approximate surface area is 517 Å². The van der Waals surface area contributed by atoms with E-state index in [0.717, 1.165) is 108 Å². The SMILES string of the molecule is CCCCCCCCCCCCCCCC(=O)O[C@H](COC(=O)CCCCCCCCCCC(C)C)COP(=O)(O)OC[C@@H](O)COP(=O)(O)OC[C@@H](COC(=O)CCCCCCCCC(C)CC)OC(=O)CCCCCCCCCCCCC. The molecule has 17 nitrogen and oxygen atoms in total. The number of hydrogen-bond donors (Lipinski definition) is 3. The molecule has 0 saturated carbocycles. The summed E-state index contributed by atoms with van der Waals surface area (Å²) in [5.74, 6) is -0.672. The number of hydrogen-bond acceptors (Lipinski definition) is 15. The Hall–Kier alpha value is -1.94. The summed E-state index contributed by atoms with van der Waals surface area (Å²) in [5.41, 5.74) is 0. The van der Waals surface area contributed by atoms with E-state index in [9.17, 15) is 43.2 Å². The van der Waals surface area contributed by atoms with Crippen LogP contribution in [0.1, 0.15) is 330 Å². The molecule has 0 aromatic rings. The van der Waals surface area contributed by atoms with E-state index in [4.69, 9.17) is 37.0 Å². The quantitative estimate of drug-likeness (QED) is 0.0222. The maximum absolute atomic E-state index is 13.0. The third kappa shape index (κ3) is 59.5. The molecular weight excluding hydrogens is 1130 g/mol. The van der Waals surface area contributed by atoms with Gasteiger partial charge in [-0.05, 0) is 37.5 Å². The molecule has 0 heterocycles. The average molecular weight is 1260 g/mol. The Bertz CT molecular complexity index is 1670. The Kier molecular flexibility index (Phi) is 57.1. The van der Waals surface area contributed by atoms with Gasteiger partial charge in [-0.3, -0.25) is 37.3 Å². The van der Waals surface area contributed by atoms with Crippen LogP contribution in [0, 0.1) is 11.8 Å². The van der Waals surface area contributed by atoms with E-state index >= 15 is 0 Å². The van der Waals surface area contributed by atoms with Gasteiger partial charge in [0.05, 0.1) is 26.4 Å². The van der Waals surface area contributed by atoms with Gasteiger partial charge in [-0.2, -0.15) is 0 Å². The summed E-state index contributed by atoms with van der Waals surface area (Å²) in [6.07, 6.45) is 41.6. The fourth-order valence-electron chi connectivity index (χ4n) is 9.85. The maximum Gasteiger partial charge on any atom is 0.472 e. The summed E-state index contributed by atoms with van der Waals surface area (Å²) in [6.45, 7) is 9.44. The zero-order valence-corrected chi connectivity index (χ0v) is 56.7. The molecule has 0 rings (SSSR count). The van der Waals surface area contributed by atoms with Gasteiger partial charge >= 0.3 is 39.5 Å². The Balaban J connectivity index is 5.25. The van der Waals surface area contributed by atoms with Gasteiger partial charge in [0.2, 0.25) is 0 Å². The fourth-order valence-corrected chi connectivity index (χ4v) is 11.4. The number of aliphatic hydroxyl groups excluding tert-OH is 1. The van der Waals surface area contributed by atoms with Crippen molar-refractivity contribution in [3.05, 3.63) is 0 Å². The standard InChI is InChI=1S/C66H128O17P2/c1-7-10-12-14-16-18-20-21-23-25-31-39-45-51-66(71)82-61(54-76-63(68)48-42-36-29-27-26-28-34-40-46-58(4)5)56-80-84(72,73)78-52-60(67)53-79-85(74,75)81-57-62(55-77-64(69)49-43-37-33-32-35-41-47-59(6)9-3)83-65(70)50-44-38-30-24-22-19-17-15-13-11-8-2/h58-62,67H,7-57H2,1-6H3,(H,72,73)(H,74,75)/t59?,60-,61-,62-/m1/s1. The zero-order chi connectivity index (χ0) is 62.9. The first-order valence-corrected chi connectivity index (χ1v) is 37.5. The van der Waals surface area contributed by atoms with Gasteiger partial charge in [-0.15, -0.1) is 0 Å². The van der Waals surface area contributed by atoms with Gasteiger partial charge in [-0.1, -0.05) is 279 Å². The third-order valence-electron chi connectivity index (χ3n) is 15.6. The molecule has 6 atom stereocenters. The van der Waals surface area contributed by atoms with Crippen molar-refractivity contribution >= 4 is 39.5 Å². The second kappa shape index (κ2) is 58.4. The molecule has 0 aliphatic rings. The van der Waals surface area contributed by atoms with Crippen LogP contribution < -0.4 is 0 Å². The van der Waals surface area contributed by atoms with Gasteiger partial charge in [0.15, 0.2) is 12.2 Å². The Morgan fingerprint density at radius 2 is 0.600 bits per heavy atom. The highest BCUT2D eigenvalue weighted by atomic mass is 31.2. The summed E-state index contributed by atoms with van der Waals surface area (Å²) in [4.78, 5) is 72.3. The highest BCUT2D eigenvalue weighted by Gasteiger charge is 2.30. The first-order chi connectivity index (χ1) is 40.9. The van der Waals surface area contributed by atoms with E-state index < -0.39 is 97.5 Å². The normalized spacial score (nSPS) is 14.6. The van der Waals surface area contributed by atoms with E-state index in [1.54, 1.807) is 0 Å². The molecule has 0 aromatic heterocycles. The molecule has 0 amide bonds. The maximum atomic E-state index is 13.0. The van der Waals surface area contributed by atoms with Gasteiger partial charge in [0.1, 0.15) is 19.3 Å². The first-order valence-electron chi connectivity index (χ1n) is 34.5. The topological polar surface area (TPSA) is 237 Å². The minimum atomic E-state index is -4.95. The number of ether oxygens (including phenoxy) is 4. The summed E-state index contributed by atoms with van der Waals surface area (Å²) in [7, 11) is -9.89. The second-order valence-corrected chi connectivity index (χ2v) is 27.5. The highest BCUT2D eigenvalue weighted by Crippen LogP contribution is 2.45. The van der Waals surface area contributed by atoms with Crippen LogP contribution in [0.4, 0.5) is 0 Å². The summed E-state index contributed by atoms with van der Waals surface area (Å²) in [6, 6.07) is 0. The lowest BCUT2D eigenvalue weighted by Gasteiger charge is -2.21. The molecule has 0 spiro atoms. The lowest BCUT2D eigenvalue weighted by Crippen LogP contribution is -2.30. The van der Waals surface area contributed by atoms with Crippen LogP contribution >= 0.6 is 15.6 Å². The minimum Gasteiger partial charge on any atom is -0.462 e. The Morgan fingerprint density at radius 1 is 0.341 bits per heavy atom. The van der Waals surface area contributed by atoms with Crippen LogP contribution in [0.25, 0.3) is 0 Å². The van der Waals surface area contributed by atoms with Crippen LogP contribution in [-0.4, -0.2) is 96.7 Å². The molecule has 3 unspecified atom stereocenters. The number of rotatable bonds is 65. The van der Waals surface area contributed by atoms with Crippen molar-refractivity contribution in [2.24, 2.45) is 11.8 Å². The fraction of sp³-hybridized carbons (Fsp3) is 0.939. The van der Waals surface area contributed by atoms with Gasteiger partial charge < -0.3 is 33.8 Å². The number of aliphatic hydroxyl groups is 1. The molecule has 19 heteroatoms. The van der Waals surface area contributed by atoms with E-state index in [1.165, 1.54) is 141 Å². The van der Waals surface area contributed by atoms with Crippen LogP contribution in [-0.2, 0) is 65.4 Å². The number of phosphoric ester groups is 2. The molecule has 85 heavy (non-hydrogen) atoms. The molecule has 0 aliphatic heterocycles. The monoisotopic (exact) mass is 1250 g/mol. The first kappa shape index (κ1) is 83.1. The number of carbonyl (C=O) groups is 4. The van der Waals surface area contributed by atoms with Gasteiger partial charge in [-0.25, -0.2) is 9.13 Å². The lowest BCUT2D eigenvalue weighted by molar-refractivity contribution is -0.161. The highest BCUT2D eigenvalue weighted by molar-refractivity contribution is 7.47. The molecule has 504 valence electrons. The lowest BCUT2D eigenvalue weighted by atomic mass is 10.00. The van der Waals surface area contributed by atoms with Crippen molar-refractivity contribution < 1.29 is 80.2 Å². The predicted molar refractivity (Wildman–Crippen MR) is 340 cm³/mol. The summed E-state index contributed by atoms with van der Waals surface area (Å²) < 4.78 is 68.1. The number of unbranched alkanes of at least 4 members (excludes halogenated alkanes) is 34. The van der Waals surface area contributed by atoms with Crippen LogP contribution in [0.15, 0.2) is 0 Å². The molecule has 0 aromatic carbocycles. The van der Waals surface area contributed by atoms with Crippen LogP contribution in [0.5, 0.6) is 0 Å². The molecule has 0 bridgehead atoms. The molecule has 0 radical (unpaired) electrons. The van der Waals surface area contributed by atoms with Gasteiger partial charge in [0.25, 0.3) is 0 Å². The van der Waals surface area contributed by atoms with Crippen molar-refractivity contribution in [3.8, 4) is 0 Å². The Morgan fingerprint density at radius 3 is 0.894 bits per heavy atom. The van der Waals surface area contributed by atoms with Crippen molar-refractivity contribution in [3.63, 3.8) is 0 Å². The number of carbonyl (C=O) groups excluding carboxylic acids is 4. The van der Waals surface area contributed by atoms with E-state index in [0.29, 0.717) is 25.7 Å². The zero-order valence-electron chi connectivity index (χ0n) is 54.9. The van der Waals surface area contributed by atoms with E-state index in [2.05, 4.69) is 41.5 Å². The number of esters is 4. The summed E-state index contributed by atoms with van der Waals surface area (Å²) in [5, 5.41) is 10.6. The van der Waals surface area contributed by atoms with Crippen molar-refractivity contribution in [1.29, 1.82) is 0 Å². The molecule has 3 N–H and O–H groups in total. The van der Waals surface area contributed by atoms with Crippen LogP contribution in [0.2, 0.25) is 0 Å². The van der Waals surface area contributed by atoms with Crippen molar-refractivity contribution in [2.75, 3.05) is 39.6 Å². The van der Waals surface area contributed by atoms with Crippen molar-refractivity contribution in [1.82, 2.24) is 0 Å². The minimum absolute atomic E-state index is 0.106. The molecule has 0 fully saturated rings. The largest absolute Gasteiger partial charge is 0.472 e.